The largest absolute Gasteiger partial charge is 0.466 e. The average Bonchev–Trinajstić information content (AvgIpc) is 2.84. The molecular weight excluding hydrogens is 454 g/mol. The van der Waals surface area contributed by atoms with Crippen molar-refractivity contribution in [3.05, 3.63) is 22.9 Å². The van der Waals surface area contributed by atoms with E-state index in [2.05, 4.69) is 0 Å². The Morgan fingerprint density at radius 3 is 2.09 bits per heavy atom. The summed E-state index contributed by atoms with van der Waals surface area (Å²) in [6.07, 6.45) is 5.78. The van der Waals surface area contributed by atoms with E-state index in [9.17, 15) is 19.2 Å². The summed E-state index contributed by atoms with van der Waals surface area (Å²) in [6.45, 7) is 3.33. The van der Waals surface area contributed by atoms with E-state index in [1.807, 2.05) is 0 Å². The van der Waals surface area contributed by atoms with Crippen LogP contribution in [0.4, 0.5) is 0 Å². The first-order valence-corrected chi connectivity index (χ1v) is 11.6. The monoisotopic (exact) mass is 485 g/mol. The number of rotatable bonds is 7. The van der Waals surface area contributed by atoms with Gasteiger partial charge in [-0.15, -0.1) is 11.6 Å². The van der Waals surface area contributed by atoms with E-state index in [1.54, 1.807) is 20.0 Å². The van der Waals surface area contributed by atoms with Crippen molar-refractivity contribution in [1.82, 2.24) is 4.90 Å². The van der Waals surface area contributed by atoms with Gasteiger partial charge in [0.05, 0.1) is 50.0 Å². The Labute approximate surface area is 199 Å². The molecule has 0 unspecified atom stereocenters. The summed E-state index contributed by atoms with van der Waals surface area (Å²) in [5, 5.41) is -0.721. The van der Waals surface area contributed by atoms with E-state index < -0.39 is 41.3 Å². The minimum absolute atomic E-state index is 0.0395. The molecule has 2 bridgehead atoms. The van der Waals surface area contributed by atoms with Gasteiger partial charge in [-0.05, 0) is 38.7 Å². The van der Waals surface area contributed by atoms with Crippen molar-refractivity contribution in [3.63, 3.8) is 0 Å². The molecule has 0 saturated heterocycles. The lowest BCUT2D eigenvalue weighted by atomic mass is 9.85. The number of carbonyl (C=O) groups excluding carboxylic acids is 4. The molecule has 2 atom stereocenters. The Hall–Kier alpha value is -2.55. The van der Waals surface area contributed by atoms with Gasteiger partial charge in [0, 0.05) is 6.20 Å². The summed E-state index contributed by atoms with van der Waals surface area (Å²) in [6, 6.07) is -2.53. The topological polar surface area (TPSA) is 108 Å². The average molecular weight is 486 g/mol. The fraction of sp³-hybridized carbons (Fsp3) is 0.652. The second-order valence-corrected chi connectivity index (χ2v) is 8.25. The molecule has 0 N–H and O–H groups in total. The molecule has 184 valence electrons. The second-order valence-electron chi connectivity index (χ2n) is 7.69. The summed E-state index contributed by atoms with van der Waals surface area (Å²) >= 11 is 6.81. The van der Waals surface area contributed by atoms with Crippen molar-refractivity contribution < 1.29 is 38.1 Å². The van der Waals surface area contributed by atoms with Gasteiger partial charge in [-0.1, -0.05) is 19.3 Å². The zero-order chi connectivity index (χ0) is 24.5. The van der Waals surface area contributed by atoms with Crippen molar-refractivity contribution in [2.45, 2.75) is 69.8 Å². The zero-order valence-corrected chi connectivity index (χ0v) is 20.3. The van der Waals surface area contributed by atoms with Gasteiger partial charge in [-0.3, -0.25) is 0 Å². The first-order valence-electron chi connectivity index (χ1n) is 11.2. The van der Waals surface area contributed by atoms with Crippen molar-refractivity contribution in [3.8, 4) is 0 Å². The van der Waals surface area contributed by atoms with Crippen LogP contribution in [0.1, 0.15) is 52.4 Å². The number of hydrogen-bond acceptors (Lipinski definition) is 9. The Bertz CT molecular complexity index is 803. The standard InChI is InChI=1S/C23H32ClNO8/c1-5-32-22(28)19(23(29)33-6-2)25-13-14-11-9-7-8-10-12-15(24)18(25)17(21(27)31-4)16(14)20(26)30-3/h13,15,18-19H,5-12H2,1-4H3/t15-,18-/m0/s1. The third-order valence-corrected chi connectivity index (χ3v) is 6.10. The summed E-state index contributed by atoms with van der Waals surface area (Å²) < 4.78 is 20.3. The van der Waals surface area contributed by atoms with Crippen molar-refractivity contribution in [2.24, 2.45) is 0 Å². The third-order valence-electron chi connectivity index (χ3n) is 5.64. The normalized spacial score (nSPS) is 21.2. The Kier molecular flexibility index (Phi) is 10.2. The van der Waals surface area contributed by atoms with E-state index in [0.29, 0.717) is 18.4 Å². The molecule has 33 heavy (non-hydrogen) atoms. The van der Waals surface area contributed by atoms with Gasteiger partial charge in [0.2, 0.25) is 6.04 Å². The number of alkyl halides is 1. The lowest BCUT2D eigenvalue weighted by Gasteiger charge is -2.41. The van der Waals surface area contributed by atoms with E-state index in [4.69, 9.17) is 30.5 Å². The fourth-order valence-corrected chi connectivity index (χ4v) is 4.62. The predicted octanol–water partition coefficient (Wildman–Crippen LogP) is 2.65. The van der Waals surface area contributed by atoms with Gasteiger partial charge < -0.3 is 23.8 Å². The van der Waals surface area contributed by atoms with E-state index >= 15 is 0 Å². The molecule has 0 radical (unpaired) electrons. The molecule has 0 aromatic carbocycles. The highest BCUT2D eigenvalue weighted by atomic mass is 35.5. The van der Waals surface area contributed by atoms with Gasteiger partial charge in [0.25, 0.3) is 0 Å². The van der Waals surface area contributed by atoms with Crippen LogP contribution < -0.4 is 0 Å². The van der Waals surface area contributed by atoms with Gasteiger partial charge >= 0.3 is 23.9 Å². The van der Waals surface area contributed by atoms with Gasteiger partial charge in [0.1, 0.15) is 0 Å². The van der Waals surface area contributed by atoms with Crippen molar-refractivity contribution >= 4 is 35.5 Å². The Morgan fingerprint density at radius 2 is 1.55 bits per heavy atom. The lowest BCUT2D eigenvalue weighted by Crippen LogP contribution is -2.56. The summed E-state index contributed by atoms with van der Waals surface area (Å²) in [5.74, 6) is -3.16. The summed E-state index contributed by atoms with van der Waals surface area (Å²) in [5.41, 5.74) is 0.481. The lowest BCUT2D eigenvalue weighted by molar-refractivity contribution is -0.163. The smallest absolute Gasteiger partial charge is 0.340 e. The Balaban J connectivity index is 2.80. The number of methoxy groups -OCH3 is 2. The van der Waals surface area contributed by atoms with Crippen LogP contribution in [0.3, 0.4) is 0 Å². The van der Waals surface area contributed by atoms with Crippen LogP contribution in [-0.4, -0.2) is 73.7 Å². The quantitative estimate of drug-likeness (QED) is 0.232. The van der Waals surface area contributed by atoms with Crippen LogP contribution in [0, 0.1) is 0 Å². The molecule has 10 heteroatoms. The third kappa shape index (κ3) is 6.07. The molecule has 0 aromatic heterocycles. The van der Waals surface area contributed by atoms with E-state index in [-0.39, 0.29) is 24.4 Å². The number of fused-ring (bicyclic) bond motifs is 7. The Morgan fingerprint density at radius 1 is 0.970 bits per heavy atom. The summed E-state index contributed by atoms with van der Waals surface area (Å²) in [7, 11) is 2.42. The number of ether oxygens (including phenoxy) is 4. The predicted molar refractivity (Wildman–Crippen MR) is 119 cm³/mol. The second kappa shape index (κ2) is 12.6. The van der Waals surface area contributed by atoms with Crippen LogP contribution in [0.2, 0.25) is 0 Å². The minimum Gasteiger partial charge on any atom is -0.466 e. The van der Waals surface area contributed by atoms with Gasteiger partial charge in [-0.2, -0.15) is 0 Å². The number of esters is 4. The molecule has 0 amide bonds. The summed E-state index contributed by atoms with van der Waals surface area (Å²) in [4.78, 5) is 53.1. The van der Waals surface area contributed by atoms with Crippen LogP contribution >= 0.6 is 11.6 Å². The number of hydrogen-bond donors (Lipinski definition) is 0. The SMILES string of the molecule is CCOC(=O)C(C(=O)OCC)N1C=C2CCCCCC[C@H](Cl)[C@H]1C(C(=O)OC)=C2C(=O)OC. The maximum absolute atomic E-state index is 13.0. The molecular formula is C23H32ClNO8. The molecule has 0 fully saturated rings. The molecule has 0 aromatic rings. The molecule has 2 heterocycles. The highest BCUT2D eigenvalue weighted by Crippen LogP contribution is 2.38. The molecule has 9 nitrogen and oxygen atoms in total. The molecule has 0 saturated carbocycles. The highest BCUT2D eigenvalue weighted by Gasteiger charge is 2.48. The molecule has 3 aliphatic rings. The molecule has 2 aliphatic heterocycles. The first-order chi connectivity index (χ1) is 15.8. The van der Waals surface area contributed by atoms with E-state index in [0.717, 1.165) is 25.7 Å². The van der Waals surface area contributed by atoms with Gasteiger partial charge in [-0.25, -0.2) is 19.2 Å². The minimum atomic E-state index is -1.51. The van der Waals surface area contributed by atoms with Crippen LogP contribution in [0.15, 0.2) is 22.9 Å². The maximum atomic E-state index is 13.0. The molecule has 0 spiro atoms. The number of halogens is 1. The number of nitrogens with zero attached hydrogens (tertiary/aromatic N) is 1. The number of carbonyl (C=O) groups is 4. The van der Waals surface area contributed by atoms with Crippen LogP contribution in [-0.2, 0) is 38.1 Å². The maximum Gasteiger partial charge on any atom is 0.340 e. The fourth-order valence-electron chi connectivity index (χ4n) is 4.21. The van der Waals surface area contributed by atoms with Crippen LogP contribution in [0.5, 0.6) is 0 Å². The zero-order valence-electron chi connectivity index (χ0n) is 19.6. The molecule has 3 rings (SSSR count). The van der Waals surface area contributed by atoms with Crippen molar-refractivity contribution in [2.75, 3.05) is 27.4 Å². The molecule has 1 aliphatic carbocycles. The van der Waals surface area contributed by atoms with Gasteiger partial charge in [0.15, 0.2) is 0 Å². The van der Waals surface area contributed by atoms with E-state index in [1.165, 1.54) is 19.1 Å². The van der Waals surface area contributed by atoms with Crippen molar-refractivity contribution in [1.29, 1.82) is 0 Å². The highest BCUT2D eigenvalue weighted by molar-refractivity contribution is 6.22. The van der Waals surface area contributed by atoms with Crippen LogP contribution in [0.25, 0.3) is 0 Å². The first kappa shape index (κ1) is 26.7.